The Morgan fingerprint density at radius 1 is 1.15 bits per heavy atom. The van der Waals surface area contributed by atoms with Gasteiger partial charge < -0.3 is 10.6 Å². The minimum absolute atomic E-state index is 0.0297. The van der Waals surface area contributed by atoms with Gasteiger partial charge in [0, 0.05) is 24.4 Å². The number of nitrogens with one attached hydrogen (secondary N) is 2. The summed E-state index contributed by atoms with van der Waals surface area (Å²) in [5, 5.41) is 16.3. The van der Waals surface area contributed by atoms with Crippen molar-refractivity contribution in [3.05, 3.63) is 68.7 Å². The van der Waals surface area contributed by atoms with E-state index in [1.54, 1.807) is 12.1 Å². The van der Waals surface area contributed by atoms with Crippen molar-refractivity contribution in [2.45, 2.75) is 19.8 Å². The van der Waals surface area contributed by atoms with Crippen molar-refractivity contribution in [2.75, 3.05) is 11.9 Å². The summed E-state index contributed by atoms with van der Waals surface area (Å²) in [4.78, 5) is 34.2. The number of hydrogen-bond acceptors (Lipinski definition) is 4. The lowest BCUT2D eigenvalue weighted by Gasteiger charge is -2.09. The summed E-state index contributed by atoms with van der Waals surface area (Å²) in [5.74, 6) is -0.557. The van der Waals surface area contributed by atoms with E-state index in [4.69, 9.17) is 11.6 Å². The molecule has 0 aliphatic carbocycles. The monoisotopic (exact) mass is 375 g/mol. The molecule has 0 heterocycles. The van der Waals surface area contributed by atoms with Gasteiger partial charge >= 0.3 is 0 Å². The van der Waals surface area contributed by atoms with Crippen molar-refractivity contribution in [1.29, 1.82) is 0 Å². The van der Waals surface area contributed by atoms with Crippen LogP contribution in [0.15, 0.2) is 42.5 Å². The van der Waals surface area contributed by atoms with E-state index in [1.165, 1.54) is 30.3 Å². The molecule has 0 fully saturated rings. The smallest absolute Gasteiger partial charge is 0.269 e. The van der Waals surface area contributed by atoms with E-state index in [9.17, 15) is 19.7 Å². The predicted octanol–water partition coefficient (Wildman–Crippen LogP) is 3.57. The van der Waals surface area contributed by atoms with Crippen LogP contribution in [-0.2, 0) is 11.2 Å². The summed E-state index contributed by atoms with van der Waals surface area (Å²) < 4.78 is 0. The summed E-state index contributed by atoms with van der Waals surface area (Å²) in [5.41, 5.74) is 1.43. The number of benzene rings is 2. The highest BCUT2D eigenvalue weighted by Gasteiger charge is 2.12. The summed E-state index contributed by atoms with van der Waals surface area (Å²) >= 11 is 6.12. The van der Waals surface area contributed by atoms with E-state index < -0.39 is 4.92 Å². The molecule has 0 aromatic heterocycles. The molecule has 8 heteroatoms. The Kier molecular flexibility index (Phi) is 6.68. The van der Waals surface area contributed by atoms with Crippen molar-refractivity contribution < 1.29 is 14.5 Å². The van der Waals surface area contributed by atoms with Crippen LogP contribution in [0.4, 0.5) is 11.4 Å². The first-order valence-electron chi connectivity index (χ1n) is 8.01. The molecule has 136 valence electrons. The van der Waals surface area contributed by atoms with E-state index in [0.717, 1.165) is 6.42 Å². The highest BCUT2D eigenvalue weighted by molar-refractivity contribution is 6.34. The first kappa shape index (κ1) is 19.4. The molecule has 7 nitrogen and oxygen atoms in total. The quantitative estimate of drug-likeness (QED) is 0.570. The minimum Gasteiger partial charge on any atom is -0.352 e. The van der Waals surface area contributed by atoms with Gasteiger partial charge in [-0.2, -0.15) is 0 Å². The Bertz CT molecular complexity index is 822. The van der Waals surface area contributed by atoms with Crippen LogP contribution in [0.25, 0.3) is 0 Å². The normalized spacial score (nSPS) is 10.2. The van der Waals surface area contributed by atoms with Crippen LogP contribution in [0.1, 0.15) is 29.3 Å². The second-order valence-corrected chi connectivity index (χ2v) is 6.01. The molecule has 2 aromatic rings. The number of nitro benzene ring substituents is 1. The minimum atomic E-state index is -0.496. The molecule has 2 amide bonds. The zero-order valence-electron chi connectivity index (χ0n) is 14.1. The topological polar surface area (TPSA) is 101 Å². The number of carbonyl (C=O) groups excluding carboxylic acids is 2. The average Bonchev–Trinajstić information content (AvgIpc) is 2.60. The molecule has 2 rings (SSSR count). The van der Waals surface area contributed by atoms with Gasteiger partial charge in [-0.1, -0.05) is 30.7 Å². The van der Waals surface area contributed by atoms with Crippen LogP contribution < -0.4 is 10.6 Å². The number of nitrogens with zero attached hydrogens (tertiary/aromatic N) is 1. The first-order valence-corrected chi connectivity index (χ1v) is 8.39. The van der Waals surface area contributed by atoms with Gasteiger partial charge in [0.2, 0.25) is 5.91 Å². The Hall–Kier alpha value is -2.93. The van der Waals surface area contributed by atoms with Crippen molar-refractivity contribution in [1.82, 2.24) is 5.32 Å². The number of anilines is 1. The van der Waals surface area contributed by atoms with Gasteiger partial charge in [-0.05, 0) is 30.2 Å². The van der Waals surface area contributed by atoms with E-state index in [-0.39, 0.29) is 28.9 Å². The number of non-ortho nitro benzene ring substituents is 1. The third kappa shape index (κ3) is 5.29. The molecule has 0 saturated carbocycles. The number of amides is 2. The second-order valence-electron chi connectivity index (χ2n) is 5.60. The van der Waals surface area contributed by atoms with Gasteiger partial charge in [0.1, 0.15) is 0 Å². The van der Waals surface area contributed by atoms with E-state index in [2.05, 4.69) is 10.6 Å². The fourth-order valence-electron chi connectivity index (χ4n) is 2.24. The Morgan fingerprint density at radius 3 is 2.42 bits per heavy atom. The van der Waals surface area contributed by atoms with E-state index in [0.29, 0.717) is 23.4 Å². The van der Waals surface area contributed by atoms with Crippen LogP contribution in [0.5, 0.6) is 0 Å². The molecule has 0 bridgehead atoms. The third-order valence-electron chi connectivity index (χ3n) is 3.54. The highest BCUT2D eigenvalue weighted by Crippen LogP contribution is 2.21. The van der Waals surface area contributed by atoms with Crippen molar-refractivity contribution >= 4 is 34.8 Å². The highest BCUT2D eigenvalue weighted by atomic mass is 35.5. The lowest BCUT2D eigenvalue weighted by molar-refractivity contribution is -0.384. The second kappa shape index (κ2) is 8.96. The molecule has 0 aliphatic heterocycles. The standard InChI is InChI=1S/C18H18ClN3O4/c1-2-9-20-18(24)15-8-5-13(11-16(15)19)21-17(23)10-12-3-6-14(7-4-12)22(25)26/h3-8,11H,2,9-10H2,1H3,(H,20,24)(H,21,23). The average molecular weight is 376 g/mol. The van der Waals surface area contributed by atoms with Crippen LogP contribution in [0, 0.1) is 10.1 Å². The largest absolute Gasteiger partial charge is 0.352 e. The van der Waals surface area contributed by atoms with Crippen LogP contribution in [0.3, 0.4) is 0 Å². The molecular weight excluding hydrogens is 358 g/mol. The predicted molar refractivity (Wildman–Crippen MR) is 99.5 cm³/mol. The van der Waals surface area contributed by atoms with E-state index >= 15 is 0 Å². The first-order chi connectivity index (χ1) is 12.4. The van der Waals surface area contributed by atoms with Gasteiger partial charge in [0.15, 0.2) is 0 Å². The molecule has 26 heavy (non-hydrogen) atoms. The van der Waals surface area contributed by atoms with Gasteiger partial charge in [-0.25, -0.2) is 0 Å². The lowest BCUT2D eigenvalue weighted by Crippen LogP contribution is -2.24. The van der Waals surface area contributed by atoms with Gasteiger partial charge in [-0.15, -0.1) is 0 Å². The molecular formula is C18H18ClN3O4. The van der Waals surface area contributed by atoms with Gasteiger partial charge in [-0.3, -0.25) is 19.7 Å². The van der Waals surface area contributed by atoms with Crippen LogP contribution in [0.2, 0.25) is 5.02 Å². The Balaban J connectivity index is 1.99. The molecule has 0 aliphatic rings. The fraction of sp³-hybridized carbons (Fsp3) is 0.222. The Morgan fingerprint density at radius 2 is 1.85 bits per heavy atom. The maximum Gasteiger partial charge on any atom is 0.269 e. The number of nitro groups is 1. The zero-order valence-corrected chi connectivity index (χ0v) is 14.9. The van der Waals surface area contributed by atoms with Gasteiger partial charge in [0.25, 0.3) is 11.6 Å². The van der Waals surface area contributed by atoms with E-state index in [1.807, 2.05) is 6.92 Å². The van der Waals surface area contributed by atoms with Gasteiger partial charge in [0.05, 0.1) is 21.9 Å². The molecule has 0 saturated heterocycles. The van der Waals surface area contributed by atoms with Crippen molar-refractivity contribution in [3.8, 4) is 0 Å². The molecule has 0 atom stereocenters. The summed E-state index contributed by atoms with van der Waals surface area (Å²) in [6.45, 7) is 2.51. The van der Waals surface area contributed by atoms with Crippen LogP contribution >= 0.6 is 11.6 Å². The molecule has 0 unspecified atom stereocenters. The van der Waals surface area contributed by atoms with Crippen LogP contribution in [-0.4, -0.2) is 23.3 Å². The summed E-state index contributed by atoms with van der Waals surface area (Å²) in [6, 6.07) is 10.4. The zero-order chi connectivity index (χ0) is 19.1. The number of halogens is 1. The third-order valence-corrected chi connectivity index (χ3v) is 3.86. The SMILES string of the molecule is CCCNC(=O)c1ccc(NC(=O)Cc2ccc([N+](=O)[O-])cc2)cc1Cl. The maximum absolute atomic E-state index is 12.1. The Labute approximate surface area is 155 Å². The maximum atomic E-state index is 12.1. The molecule has 0 radical (unpaired) electrons. The summed E-state index contributed by atoms with van der Waals surface area (Å²) in [6.07, 6.45) is 0.883. The number of rotatable bonds is 7. The molecule has 2 N–H and O–H groups in total. The van der Waals surface area contributed by atoms with Crippen molar-refractivity contribution in [2.24, 2.45) is 0 Å². The number of hydrogen-bond donors (Lipinski definition) is 2. The lowest BCUT2D eigenvalue weighted by atomic mass is 10.1. The summed E-state index contributed by atoms with van der Waals surface area (Å²) in [7, 11) is 0. The molecule has 0 spiro atoms. The fourth-order valence-corrected chi connectivity index (χ4v) is 2.50. The number of carbonyl (C=O) groups is 2. The van der Waals surface area contributed by atoms with Crippen molar-refractivity contribution in [3.63, 3.8) is 0 Å². The molecule has 2 aromatic carbocycles.